The van der Waals surface area contributed by atoms with E-state index in [4.69, 9.17) is 4.74 Å². The van der Waals surface area contributed by atoms with Gasteiger partial charge in [-0.05, 0) is 50.5 Å². The van der Waals surface area contributed by atoms with E-state index < -0.39 is 10.0 Å². The van der Waals surface area contributed by atoms with Crippen LogP contribution < -0.4 is 14.8 Å². The third kappa shape index (κ3) is 7.47. The molecule has 0 aliphatic carbocycles. The van der Waals surface area contributed by atoms with Crippen molar-refractivity contribution >= 4 is 15.9 Å². The van der Waals surface area contributed by atoms with Gasteiger partial charge in [-0.25, -0.2) is 13.1 Å². The normalized spacial score (nSPS) is 11.7. The molecule has 130 valence electrons. The van der Waals surface area contributed by atoms with Crippen LogP contribution >= 0.6 is 0 Å². The number of carbonyl (C=O) groups is 1. The number of amides is 1. The third-order valence-electron chi connectivity index (χ3n) is 2.97. The van der Waals surface area contributed by atoms with Crippen LogP contribution in [0.15, 0.2) is 29.2 Å². The lowest BCUT2D eigenvalue weighted by Gasteiger charge is -2.11. The van der Waals surface area contributed by atoms with Crippen molar-refractivity contribution < 1.29 is 17.9 Å². The molecule has 0 heterocycles. The predicted molar refractivity (Wildman–Crippen MR) is 89.9 cm³/mol. The van der Waals surface area contributed by atoms with E-state index in [2.05, 4.69) is 23.9 Å². The first kappa shape index (κ1) is 19.4. The molecule has 0 aliphatic rings. The van der Waals surface area contributed by atoms with E-state index >= 15 is 0 Å². The maximum atomic E-state index is 12.1. The summed E-state index contributed by atoms with van der Waals surface area (Å²) in [4.78, 5) is 11.7. The van der Waals surface area contributed by atoms with Crippen molar-refractivity contribution in [3.05, 3.63) is 24.3 Å². The Kier molecular flexibility index (Phi) is 7.51. The molecule has 0 radical (unpaired) electrons. The minimum atomic E-state index is -3.71. The molecule has 0 unspecified atom stereocenters. The van der Waals surface area contributed by atoms with E-state index in [1.165, 1.54) is 12.1 Å². The second-order valence-electron chi connectivity index (χ2n) is 6.00. The van der Waals surface area contributed by atoms with Crippen molar-refractivity contribution in [1.82, 2.24) is 10.0 Å². The second-order valence-corrected chi connectivity index (χ2v) is 7.76. The van der Waals surface area contributed by atoms with Gasteiger partial charge in [0.15, 0.2) is 0 Å². The lowest BCUT2D eigenvalue weighted by molar-refractivity contribution is -0.119. The fourth-order valence-electron chi connectivity index (χ4n) is 1.78. The summed E-state index contributed by atoms with van der Waals surface area (Å²) < 4.78 is 32.0. The average Bonchev–Trinajstić information content (AvgIpc) is 2.45. The number of carbonyl (C=O) groups excluding carboxylic acids is 1. The fourth-order valence-corrected chi connectivity index (χ4v) is 2.76. The van der Waals surface area contributed by atoms with Gasteiger partial charge in [0, 0.05) is 6.54 Å². The Labute approximate surface area is 138 Å². The smallest absolute Gasteiger partial charge is 0.241 e. The Morgan fingerprint density at radius 3 is 2.26 bits per heavy atom. The highest BCUT2D eigenvalue weighted by Gasteiger charge is 2.15. The van der Waals surface area contributed by atoms with Crippen LogP contribution in [0.3, 0.4) is 0 Å². The number of hydrogen-bond donors (Lipinski definition) is 2. The third-order valence-corrected chi connectivity index (χ3v) is 4.39. The Hall–Kier alpha value is -1.60. The predicted octanol–water partition coefficient (Wildman–Crippen LogP) is 1.91. The highest BCUT2D eigenvalue weighted by Crippen LogP contribution is 2.16. The van der Waals surface area contributed by atoms with Gasteiger partial charge < -0.3 is 10.1 Å². The van der Waals surface area contributed by atoms with Crippen LogP contribution in [-0.2, 0) is 14.8 Å². The quantitative estimate of drug-likeness (QED) is 0.718. The first-order valence-corrected chi connectivity index (χ1v) is 9.22. The van der Waals surface area contributed by atoms with Gasteiger partial charge in [-0.3, -0.25) is 4.79 Å². The lowest BCUT2D eigenvalue weighted by atomic mass is 10.1. The van der Waals surface area contributed by atoms with E-state index in [1.807, 2.05) is 13.8 Å². The van der Waals surface area contributed by atoms with Crippen molar-refractivity contribution in [2.45, 2.75) is 45.1 Å². The van der Waals surface area contributed by atoms with Gasteiger partial charge in [-0.2, -0.15) is 0 Å². The van der Waals surface area contributed by atoms with Crippen LogP contribution in [0.1, 0.15) is 34.1 Å². The average molecular weight is 342 g/mol. The van der Waals surface area contributed by atoms with Crippen molar-refractivity contribution in [3.63, 3.8) is 0 Å². The summed E-state index contributed by atoms with van der Waals surface area (Å²) in [5.74, 6) is 0.748. The maximum Gasteiger partial charge on any atom is 0.241 e. The van der Waals surface area contributed by atoms with Gasteiger partial charge in [-0.1, -0.05) is 13.8 Å². The maximum absolute atomic E-state index is 12.1. The zero-order chi connectivity index (χ0) is 17.5. The molecule has 6 nitrogen and oxygen atoms in total. The van der Waals surface area contributed by atoms with Crippen LogP contribution in [-0.4, -0.2) is 33.5 Å². The molecule has 2 N–H and O–H groups in total. The summed E-state index contributed by atoms with van der Waals surface area (Å²) in [6.07, 6.45) is 0.876. The zero-order valence-electron chi connectivity index (χ0n) is 14.1. The Bertz CT molecular complexity index is 595. The van der Waals surface area contributed by atoms with E-state index in [9.17, 15) is 13.2 Å². The zero-order valence-corrected chi connectivity index (χ0v) is 14.9. The molecule has 1 aromatic rings. The molecule has 0 aliphatic heterocycles. The molecule has 0 spiro atoms. The van der Waals surface area contributed by atoms with Gasteiger partial charge in [0.05, 0.1) is 17.5 Å². The Balaban J connectivity index is 2.53. The molecular weight excluding hydrogens is 316 g/mol. The van der Waals surface area contributed by atoms with Crippen LogP contribution in [0.25, 0.3) is 0 Å². The van der Waals surface area contributed by atoms with E-state index in [0.717, 1.165) is 6.42 Å². The molecule has 0 fully saturated rings. The second kappa shape index (κ2) is 8.88. The van der Waals surface area contributed by atoms with Crippen molar-refractivity contribution in [2.75, 3.05) is 13.1 Å². The first-order valence-electron chi connectivity index (χ1n) is 7.74. The van der Waals surface area contributed by atoms with Gasteiger partial charge in [0.25, 0.3) is 0 Å². The van der Waals surface area contributed by atoms with Crippen LogP contribution in [0.5, 0.6) is 5.75 Å². The largest absolute Gasteiger partial charge is 0.491 e. The van der Waals surface area contributed by atoms with Crippen molar-refractivity contribution in [1.29, 1.82) is 0 Å². The molecule has 0 bridgehead atoms. The summed E-state index contributed by atoms with van der Waals surface area (Å²) in [5, 5.41) is 2.68. The number of sulfonamides is 1. The summed E-state index contributed by atoms with van der Waals surface area (Å²) in [7, 11) is -3.71. The molecule has 23 heavy (non-hydrogen) atoms. The minimum Gasteiger partial charge on any atom is -0.491 e. The van der Waals surface area contributed by atoms with Crippen LogP contribution in [0, 0.1) is 5.92 Å². The Morgan fingerprint density at radius 2 is 1.74 bits per heavy atom. The minimum absolute atomic E-state index is 0.0186. The monoisotopic (exact) mass is 342 g/mol. The molecule has 0 saturated heterocycles. The van der Waals surface area contributed by atoms with Crippen LogP contribution in [0.2, 0.25) is 0 Å². The van der Waals surface area contributed by atoms with E-state index in [0.29, 0.717) is 18.2 Å². The van der Waals surface area contributed by atoms with E-state index in [-0.39, 0.29) is 23.5 Å². The van der Waals surface area contributed by atoms with Crippen molar-refractivity contribution in [2.24, 2.45) is 5.92 Å². The van der Waals surface area contributed by atoms with E-state index in [1.54, 1.807) is 12.1 Å². The highest BCUT2D eigenvalue weighted by molar-refractivity contribution is 7.89. The lowest BCUT2D eigenvalue weighted by Crippen LogP contribution is -2.37. The summed E-state index contributed by atoms with van der Waals surface area (Å²) in [5.41, 5.74) is 0. The highest BCUT2D eigenvalue weighted by atomic mass is 32.2. The molecule has 0 atom stereocenters. The molecule has 7 heteroatoms. The molecule has 0 aromatic heterocycles. The molecule has 1 rings (SSSR count). The SMILES string of the molecule is CC(C)CCNC(=O)CNS(=O)(=O)c1ccc(OC(C)C)cc1. The number of nitrogens with one attached hydrogen (secondary N) is 2. The number of hydrogen-bond acceptors (Lipinski definition) is 4. The molecule has 1 amide bonds. The Morgan fingerprint density at radius 1 is 1.13 bits per heavy atom. The standard InChI is InChI=1S/C16H26N2O4S/c1-12(2)9-10-17-16(19)11-18-23(20,21)15-7-5-14(6-8-15)22-13(3)4/h5-8,12-13,18H,9-11H2,1-4H3,(H,17,19). The number of ether oxygens (including phenoxy) is 1. The van der Waals surface area contributed by atoms with Crippen molar-refractivity contribution in [3.8, 4) is 5.75 Å². The van der Waals surface area contributed by atoms with Crippen LogP contribution in [0.4, 0.5) is 0 Å². The van der Waals surface area contributed by atoms with Gasteiger partial charge >= 0.3 is 0 Å². The molecule has 1 aromatic carbocycles. The summed E-state index contributed by atoms with van der Waals surface area (Å²) in [6, 6.07) is 6.10. The van der Waals surface area contributed by atoms with Gasteiger partial charge in [0.1, 0.15) is 5.75 Å². The molecule has 0 saturated carbocycles. The summed E-state index contributed by atoms with van der Waals surface area (Å²) >= 11 is 0. The number of rotatable bonds is 9. The topological polar surface area (TPSA) is 84.5 Å². The fraction of sp³-hybridized carbons (Fsp3) is 0.562. The number of benzene rings is 1. The van der Waals surface area contributed by atoms with Gasteiger partial charge in [0.2, 0.25) is 15.9 Å². The summed E-state index contributed by atoms with van der Waals surface area (Å²) in [6.45, 7) is 8.17. The first-order chi connectivity index (χ1) is 10.7. The van der Waals surface area contributed by atoms with Gasteiger partial charge in [-0.15, -0.1) is 0 Å². The molecular formula is C16H26N2O4S.